The maximum Gasteiger partial charge on any atom is 0.244 e. The molecule has 6 heteroatoms. The Morgan fingerprint density at radius 1 is 1.40 bits per heavy atom. The molecule has 1 aliphatic carbocycles. The van der Waals surface area contributed by atoms with Gasteiger partial charge >= 0.3 is 0 Å². The summed E-state index contributed by atoms with van der Waals surface area (Å²) >= 11 is 7.29. The molecule has 1 aromatic rings. The Kier molecular flexibility index (Phi) is 5.51. The molecule has 1 aliphatic rings. The van der Waals surface area contributed by atoms with Crippen LogP contribution in [0.3, 0.4) is 0 Å². The highest BCUT2D eigenvalue weighted by Crippen LogP contribution is 2.32. The molecule has 1 aromatic heterocycles. The Hall–Kier alpha value is -0.100. The molecule has 0 saturated heterocycles. The summed E-state index contributed by atoms with van der Waals surface area (Å²) in [5, 5.41) is 1.81. The van der Waals surface area contributed by atoms with Crippen LogP contribution in [-0.4, -0.2) is 25.3 Å². The van der Waals surface area contributed by atoms with Crippen LogP contribution in [-0.2, 0) is 15.9 Å². The summed E-state index contributed by atoms with van der Waals surface area (Å²) in [6.45, 7) is 4.71. The van der Waals surface area contributed by atoms with Crippen LogP contribution in [0.1, 0.15) is 44.4 Å². The molecule has 1 fully saturated rings. The molecule has 0 atom stereocenters. The Bertz CT molecular complexity index is 533. The monoisotopic (exact) mass is 335 g/mol. The van der Waals surface area contributed by atoms with E-state index in [4.69, 9.17) is 11.6 Å². The van der Waals surface area contributed by atoms with Crippen molar-refractivity contribution >= 4 is 33.0 Å². The number of thiophene rings is 1. The standard InChI is InChI=1S/C14H22ClNO2S2/c1-11(2)10-16(12-5-3-4-6-12)20(17,18)14-7-8-19-13(14)9-15/h7-8,11-12H,3-6,9-10H2,1-2H3. The fourth-order valence-electron chi connectivity index (χ4n) is 2.78. The van der Waals surface area contributed by atoms with Crippen molar-refractivity contribution < 1.29 is 8.42 Å². The molecule has 0 unspecified atom stereocenters. The normalized spacial score (nSPS) is 17.4. The quantitative estimate of drug-likeness (QED) is 0.735. The van der Waals surface area contributed by atoms with Gasteiger partial charge in [-0.3, -0.25) is 0 Å². The van der Waals surface area contributed by atoms with Crippen LogP contribution in [0.25, 0.3) is 0 Å². The van der Waals surface area contributed by atoms with Gasteiger partial charge in [0, 0.05) is 17.5 Å². The molecule has 1 heterocycles. The van der Waals surface area contributed by atoms with Crippen molar-refractivity contribution in [1.82, 2.24) is 4.31 Å². The molecule has 2 rings (SSSR count). The first kappa shape index (κ1) is 16.3. The predicted octanol–water partition coefficient (Wildman–Crippen LogP) is 4.08. The number of sulfonamides is 1. The maximum atomic E-state index is 13.0. The summed E-state index contributed by atoms with van der Waals surface area (Å²) in [6, 6.07) is 1.85. The van der Waals surface area contributed by atoms with Gasteiger partial charge < -0.3 is 0 Å². The van der Waals surface area contributed by atoms with E-state index in [2.05, 4.69) is 13.8 Å². The molecule has 20 heavy (non-hydrogen) atoms. The minimum absolute atomic E-state index is 0.158. The van der Waals surface area contributed by atoms with E-state index in [1.807, 2.05) is 5.38 Å². The lowest BCUT2D eigenvalue weighted by Crippen LogP contribution is -2.41. The topological polar surface area (TPSA) is 37.4 Å². The minimum Gasteiger partial charge on any atom is -0.207 e. The summed E-state index contributed by atoms with van der Waals surface area (Å²) in [5.41, 5.74) is 0. The minimum atomic E-state index is -3.42. The van der Waals surface area contributed by atoms with Gasteiger partial charge in [-0.2, -0.15) is 4.31 Å². The maximum absolute atomic E-state index is 13.0. The zero-order valence-corrected chi connectivity index (χ0v) is 14.4. The lowest BCUT2D eigenvalue weighted by molar-refractivity contribution is 0.292. The van der Waals surface area contributed by atoms with Gasteiger partial charge in [0.15, 0.2) is 0 Å². The first-order chi connectivity index (χ1) is 9.46. The van der Waals surface area contributed by atoms with Gasteiger partial charge in [-0.25, -0.2) is 8.42 Å². The SMILES string of the molecule is CC(C)CN(C1CCCC1)S(=O)(=O)c1ccsc1CCl. The van der Waals surface area contributed by atoms with Crippen molar-refractivity contribution in [1.29, 1.82) is 0 Å². The number of alkyl halides is 1. The third kappa shape index (κ3) is 3.38. The van der Waals surface area contributed by atoms with Gasteiger partial charge in [0.05, 0.1) is 10.8 Å². The number of hydrogen-bond donors (Lipinski definition) is 0. The van der Waals surface area contributed by atoms with Crippen molar-refractivity contribution in [2.24, 2.45) is 5.92 Å². The molecule has 1 saturated carbocycles. The fraction of sp³-hybridized carbons (Fsp3) is 0.714. The van der Waals surface area contributed by atoms with Crippen molar-refractivity contribution in [2.45, 2.75) is 56.3 Å². The van der Waals surface area contributed by atoms with E-state index in [1.54, 1.807) is 10.4 Å². The van der Waals surface area contributed by atoms with Crippen LogP contribution in [0.2, 0.25) is 0 Å². The molecule has 114 valence electrons. The largest absolute Gasteiger partial charge is 0.244 e. The zero-order valence-electron chi connectivity index (χ0n) is 12.0. The van der Waals surface area contributed by atoms with Gasteiger partial charge in [-0.05, 0) is 30.2 Å². The molecule has 0 aliphatic heterocycles. The van der Waals surface area contributed by atoms with E-state index in [1.165, 1.54) is 11.3 Å². The summed E-state index contributed by atoms with van der Waals surface area (Å²) in [4.78, 5) is 1.16. The second kappa shape index (κ2) is 6.77. The van der Waals surface area contributed by atoms with Crippen LogP contribution in [0.5, 0.6) is 0 Å². The van der Waals surface area contributed by atoms with Crippen molar-refractivity contribution in [2.75, 3.05) is 6.54 Å². The first-order valence-corrected chi connectivity index (χ1v) is 9.96. The molecule has 0 aromatic carbocycles. The lowest BCUT2D eigenvalue weighted by Gasteiger charge is -2.29. The number of rotatable bonds is 6. The van der Waals surface area contributed by atoms with Crippen molar-refractivity contribution in [3.8, 4) is 0 Å². The van der Waals surface area contributed by atoms with Crippen molar-refractivity contribution in [3.05, 3.63) is 16.3 Å². The highest BCUT2D eigenvalue weighted by atomic mass is 35.5. The molecule has 0 spiro atoms. The molecule has 3 nitrogen and oxygen atoms in total. The molecule has 0 amide bonds. The molecular weight excluding hydrogens is 314 g/mol. The van der Waals surface area contributed by atoms with E-state index < -0.39 is 10.0 Å². The summed E-state index contributed by atoms with van der Waals surface area (Å²) < 4.78 is 27.7. The van der Waals surface area contributed by atoms with E-state index in [0.29, 0.717) is 17.4 Å². The van der Waals surface area contributed by atoms with E-state index in [9.17, 15) is 8.42 Å². The summed E-state index contributed by atoms with van der Waals surface area (Å²) in [5.74, 6) is 0.579. The van der Waals surface area contributed by atoms with Gasteiger partial charge in [-0.15, -0.1) is 22.9 Å². The highest BCUT2D eigenvalue weighted by Gasteiger charge is 2.35. The number of halogens is 1. The average molecular weight is 336 g/mol. The van der Waals surface area contributed by atoms with E-state index >= 15 is 0 Å². The lowest BCUT2D eigenvalue weighted by atomic mass is 10.2. The van der Waals surface area contributed by atoms with Crippen LogP contribution in [0.4, 0.5) is 0 Å². The second-order valence-electron chi connectivity index (χ2n) is 5.75. The number of hydrogen-bond acceptors (Lipinski definition) is 3. The van der Waals surface area contributed by atoms with Crippen LogP contribution < -0.4 is 0 Å². The van der Waals surface area contributed by atoms with E-state index in [-0.39, 0.29) is 11.9 Å². The Morgan fingerprint density at radius 2 is 2.05 bits per heavy atom. The van der Waals surface area contributed by atoms with Crippen molar-refractivity contribution in [3.63, 3.8) is 0 Å². The van der Waals surface area contributed by atoms with Crippen LogP contribution >= 0.6 is 22.9 Å². The molecular formula is C14H22ClNO2S2. The second-order valence-corrected chi connectivity index (χ2v) is 8.88. The smallest absolute Gasteiger partial charge is 0.207 e. The number of nitrogens with zero attached hydrogens (tertiary/aromatic N) is 1. The fourth-order valence-corrected chi connectivity index (χ4v) is 6.30. The summed E-state index contributed by atoms with van der Waals surface area (Å²) in [6.07, 6.45) is 4.21. The average Bonchev–Trinajstić information content (AvgIpc) is 3.06. The zero-order chi connectivity index (χ0) is 14.8. The summed E-state index contributed by atoms with van der Waals surface area (Å²) in [7, 11) is -3.42. The predicted molar refractivity (Wildman–Crippen MR) is 84.9 cm³/mol. The molecule has 0 radical (unpaired) electrons. The van der Waals surface area contributed by atoms with E-state index in [0.717, 1.165) is 30.6 Å². The molecule has 0 bridgehead atoms. The van der Waals surface area contributed by atoms with Crippen LogP contribution in [0, 0.1) is 5.92 Å². The third-order valence-electron chi connectivity index (χ3n) is 3.69. The Morgan fingerprint density at radius 3 is 2.60 bits per heavy atom. The van der Waals surface area contributed by atoms with Crippen LogP contribution in [0.15, 0.2) is 16.3 Å². The highest BCUT2D eigenvalue weighted by molar-refractivity contribution is 7.89. The van der Waals surface area contributed by atoms with Gasteiger partial charge in [0.1, 0.15) is 0 Å². The van der Waals surface area contributed by atoms with Gasteiger partial charge in [0.2, 0.25) is 10.0 Å². The Labute approximate surface area is 131 Å². The van der Waals surface area contributed by atoms with Gasteiger partial charge in [0.25, 0.3) is 0 Å². The Balaban J connectivity index is 2.35. The third-order valence-corrected chi connectivity index (χ3v) is 7.17. The molecule has 0 N–H and O–H groups in total. The van der Waals surface area contributed by atoms with Gasteiger partial charge in [-0.1, -0.05) is 26.7 Å². The first-order valence-electron chi connectivity index (χ1n) is 7.11.